The Morgan fingerprint density at radius 3 is 2.75 bits per heavy atom. The van der Waals surface area contributed by atoms with Crippen LogP contribution in [-0.4, -0.2) is 15.2 Å². The summed E-state index contributed by atoms with van der Waals surface area (Å²) in [5.74, 6) is 0.690. The maximum absolute atomic E-state index is 5.88. The Morgan fingerprint density at radius 1 is 1.31 bits per heavy atom. The second kappa shape index (κ2) is 4.72. The summed E-state index contributed by atoms with van der Waals surface area (Å²) < 4.78 is 0. The minimum atomic E-state index is 0.451. The van der Waals surface area contributed by atoms with Gasteiger partial charge in [0.05, 0.1) is 16.2 Å². The number of halogens is 2. The van der Waals surface area contributed by atoms with Crippen LogP contribution >= 0.6 is 23.2 Å². The fourth-order valence-electron chi connectivity index (χ4n) is 1.25. The molecule has 16 heavy (non-hydrogen) atoms. The fourth-order valence-corrected chi connectivity index (χ4v) is 1.51. The summed E-state index contributed by atoms with van der Waals surface area (Å²) in [5.41, 5.74) is 2.13. The van der Waals surface area contributed by atoms with E-state index in [0.29, 0.717) is 22.4 Å². The second-order valence-electron chi connectivity index (χ2n) is 3.36. The first-order valence-corrected chi connectivity index (χ1v) is 5.46. The Morgan fingerprint density at radius 2 is 2.12 bits per heavy atom. The quantitative estimate of drug-likeness (QED) is 0.888. The molecule has 0 aliphatic heterocycles. The van der Waals surface area contributed by atoms with Gasteiger partial charge in [-0.3, -0.25) is 5.10 Å². The molecular formula is C10H10Cl2N4. The largest absolute Gasteiger partial charge is 0.366 e. The summed E-state index contributed by atoms with van der Waals surface area (Å²) in [6.07, 6.45) is 3.30. The molecule has 2 aromatic rings. The third kappa shape index (κ3) is 2.46. The van der Waals surface area contributed by atoms with Crippen LogP contribution in [0.15, 0.2) is 18.5 Å². The highest BCUT2D eigenvalue weighted by atomic mass is 35.5. The third-order valence-corrected chi connectivity index (χ3v) is 2.91. The van der Waals surface area contributed by atoms with Crippen molar-refractivity contribution in [2.45, 2.75) is 13.5 Å². The lowest BCUT2D eigenvalue weighted by Gasteiger charge is -2.05. The molecule has 0 unspecified atom stereocenters. The molecule has 0 atom stereocenters. The van der Waals surface area contributed by atoms with Crippen molar-refractivity contribution in [3.63, 3.8) is 0 Å². The smallest absolute Gasteiger partial charge is 0.127 e. The van der Waals surface area contributed by atoms with Crippen molar-refractivity contribution in [2.24, 2.45) is 0 Å². The summed E-state index contributed by atoms with van der Waals surface area (Å²) in [7, 11) is 0. The van der Waals surface area contributed by atoms with E-state index in [1.165, 1.54) is 6.20 Å². The van der Waals surface area contributed by atoms with Crippen molar-refractivity contribution >= 4 is 29.0 Å². The average Bonchev–Trinajstić information content (AvgIpc) is 2.66. The van der Waals surface area contributed by atoms with Crippen molar-refractivity contribution in [1.29, 1.82) is 0 Å². The van der Waals surface area contributed by atoms with E-state index >= 15 is 0 Å². The van der Waals surface area contributed by atoms with Crippen LogP contribution in [-0.2, 0) is 6.54 Å². The number of hydrogen-bond donors (Lipinski definition) is 2. The summed E-state index contributed by atoms with van der Waals surface area (Å²) in [4.78, 5) is 4.11. The van der Waals surface area contributed by atoms with Crippen LogP contribution < -0.4 is 5.32 Å². The Bertz CT molecular complexity index is 495. The third-order valence-electron chi connectivity index (χ3n) is 2.20. The molecule has 0 amide bonds. The lowest BCUT2D eigenvalue weighted by atomic mass is 10.2. The lowest BCUT2D eigenvalue weighted by Crippen LogP contribution is -2.01. The monoisotopic (exact) mass is 256 g/mol. The van der Waals surface area contributed by atoms with Crippen LogP contribution in [0.5, 0.6) is 0 Å². The van der Waals surface area contributed by atoms with Gasteiger partial charge in [0.15, 0.2) is 0 Å². The molecular weight excluding hydrogens is 247 g/mol. The molecule has 0 radical (unpaired) electrons. The molecule has 0 saturated heterocycles. The first kappa shape index (κ1) is 11.2. The van der Waals surface area contributed by atoms with Gasteiger partial charge in [-0.15, -0.1) is 0 Å². The zero-order valence-electron chi connectivity index (χ0n) is 8.59. The van der Waals surface area contributed by atoms with Crippen LogP contribution in [0.3, 0.4) is 0 Å². The summed E-state index contributed by atoms with van der Waals surface area (Å²) in [6, 6.07) is 1.69. The molecule has 0 saturated carbocycles. The molecule has 0 aromatic carbocycles. The molecule has 0 fully saturated rings. The molecule has 2 N–H and O–H groups in total. The Hall–Kier alpha value is -1.26. The van der Waals surface area contributed by atoms with Gasteiger partial charge in [0.25, 0.3) is 0 Å². The number of aryl methyl sites for hydroxylation is 1. The Labute approximate surface area is 103 Å². The van der Waals surface area contributed by atoms with Crippen molar-refractivity contribution in [3.05, 3.63) is 39.8 Å². The number of pyridine rings is 1. The fraction of sp³-hybridized carbons (Fsp3) is 0.200. The highest BCUT2D eigenvalue weighted by Gasteiger charge is 2.03. The summed E-state index contributed by atoms with van der Waals surface area (Å²) in [6.45, 7) is 2.61. The van der Waals surface area contributed by atoms with E-state index in [0.717, 1.165) is 11.3 Å². The van der Waals surface area contributed by atoms with Crippen LogP contribution in [0.2, 0.25) is 10.0 Å². The number of nitrogens with one attached hydrogen (secondary N) is 2. The summed E-state index contributed by atoms with van der Waals surface area (Å²) in [5, 5.41) is 10.9. The molecule has 0 aliphatic carbocycles. The van der Waals surface area contributed by atoms with Gasteiger partial charge in [-0.05, 0) is 6.92 Å². The minimum absolute atomic E-state index is 0.451. The van der Waals surface area contributed by atoms with Crippen LogP contribution in [0.4, 0.5) is 5.82 Å². The van der Waals surface area contributed by atoms with E-state index in [9.17, 15) is 0 Å². The predicted octanol–water partition coefficient (Wildman–Crippen LogP) is 3.03. The highest BCUT2D eigenvalue weighted by molar-refractivity contribution is 6.42. The number of aromatic amines is 1. The number of aromatic nitrogens is 3. The molecule has 2 rings (SSSR count). The minimum Gasteiger partial charge on any atom is -0.366 e. The van der Waals surface area contributed by atoms with E-state index < -0.39 is 0 Å². The average molecular weight is 257 g/mol. The van der Waals surface area contributed by atoms with E-state index in [-0.39, 0.29) is 0 Å². The zero-order chi connectivity index (χ0) is 11.5. The van der Waals surface area contributed by atoms with Gasteiger partial charge < -0.3 is 5.32 Å². The van der Waals surface area contributed by atoms with Gasteiger partial charge in [-0.25, -0.2) is 4.98 Å². The maximum atomic E-state index is 5.88. The zero-order valence-corrected chi connectivity index (χ0v) is 10.1. The standard InChI is InChI=1S/C10H10Cl2N4/c1-6-7(4-15-16-6)3-13-10-2-8(11)9(12)5-14-10/h2,4-5H,3H2,1H3,(H,13,14)(H,15,16). The number of hydrogen-bond acceptors (Lipinski definition) is 3. The van der Waals surface area contributed by atoms with Crippen LogP contribution in [0.25, 0.3) is 0 Å². The van der Waals surface area contributed by atoms with Gasteiger partial charge in [0.2, 0.25) is 0 Å². The molecule has 6 heteroatoms. The van der Waals surface area contributed by atoms with Crippen molar-refractivity contribution < 1.29 is 0 Å². The molecule has 2 aromatic heterocycles. The molecule has 2 heterocycles. The van der Waals surface area contributed by atoms with Crippen molar-refractivity contribution in [2.75, 3.05) is 5.32 Å². The van der Waals surface area contributed by atoms with Crippen LogP contribution in [0, 0.1) is 6.92 Å². The first-order valence-electron chi connectivity index (χ1n) is 4.70. The maximum Gasteiger partial charge on any atom is 0.127 e. The van der Waals surface area contributed by atoms with E-state index in [1.54, 1.807) is 12.3 Å². The Kier molecular flexibility index (Phi) is 3.31. The Balaban J connectivity index is 2.05. The molecule has 0 spiro atoms. The van der Waals surface area contributed by atoms with Crippen molar-refractivity contribution in [1.82, 2.24) is 15.2 Å². The number of nitrogens with zero attached hydrogens (tertiary/aromatic N) is 2. The number of anilines is 1. The van der Waals surface area contributed by atoms with Gasteiger partial charge in [-0.2, -0.15) is 5.10 Å². The molecule has 4 nitrogen and oxygen atoms in total. The van der Waals surface area contributed by atoms with Gasteiger partial charge >= 0.3 is 0 Å². The summed E-state index contributed by atoms with van der Waals surface area (Å²) >= 11 is 11.6. The topological polar surface area (TPSA) is 53.6 Å². The second-order valence-corrected chi connectivity index (χ2v) is 4.17. The number of H-pyrrole nitrogens is 1. The van der Waals surface area contributed by atoms with Gasteiger partial charge in [0.1, 0.15) is 5.82 Å². The first-order chi connectivity index (χ1) is 7.66. The number of rotatable bonds is 3. The molecule has 0 aliphatic rings. The van der Waals surface area contributed by atoms with E-state index in [1.807, 2.05) is 6.92 Å². The molecule has 0 bridgehead atoms. The van der Waals surface area contributed by atoms with Crippen molar-refractivity contribution in [3.8, 4) is 0 Å². The van der Waals surface area contributed by atoms with E-state index in [4.69, 9.17) is 23.2 Å². The highest BCUT2D eigenvalue weighted by Crippen LogP contribution is 2.23. The lowest BCUT2D eigenvalue weighted by molar-refractivity contribution is 1.04. The SMILES string of the molecule is Cc1[nH]ncc1CNc1cc(Cl)c(Cl)cn1. The van der Waals surface area contributed by atoms with Gasteiger partial charge in [-0.1, -0.05) is 23.2 Å². The van der Waals surface area contributed by atoms with Crippen LogP contribution in [0.1, 0.15) is 11.3 Å². The molecule has 84 valence electrons. The van der Waals surface area contributed by atoms with Gasteiger partial charge in [0, 0.05) is 30.1 Å². The van der Waals surface area contributed by atoms with E-state index in [2.05, 4.69) is 20.5 Å². The predicted molar refractivity (Wildman–Crippen MR) is 64.9 cm³/mol. The normalized spacial score (nSPS) is 10.4.